The molecule has 3 aliphatic heterocycles. The molecule has 1 aliphatic carbocycles. The van der Waals surface area contributed by atoms with Crippen LogP contribution < -0.4 is 0 Å². The number of ether oxygens (including phenoxy) is 4. The van der Waals surface area contributed by atoms with Crippen molar-refractivity contribution >= 4 is 11.9 Å². The minimum Gasteiger partial charge on any atom is -0.462 e. The first-order valence-corrected chi connectivity index (χ1v) is 8.16. The molecule has 7 unspecified atom stereocenters. The third kappa shape index (κ3) is 2.31. The standard InChI is InChI=1S/C17H22O6/c1-8-12-10(20-9(2)18)7-17(4)11(22-17)5-6-16(3)14(23-16)13(12)21-15(8)19/h10-14H,1,5-7H2,2-4H3. The van der Waals surface area contributed by atoms with Crippen molar-refractivity contribution in [2.75, 3.05) is 0 Å². The van der Waals surface area contributed by atoms with E-state index in [9.17, 15) is 9.59 Å². The second-order valence-electron chi connectivity index (χ2n) is 7.58. The first-order valence-electron chi connectivity index (χ1n) is 8.16. The number of rotatable bonds is 1. The summed E-state index contributed by atoms with van der Waals surface area (Å²) in [6.07, 6.45) is 1.34. The van der Waals surface area contributed by atoms with Gasteiger partial charge in [0.2, 0.25) is 0 Å². The Morgan fingerprint density at radius 3 is 2.74 bits per heavy atom. The molecule has 0 amide bonds. The summed E-state index contributed by atoms with van der Waals surface area (Å²) in [6.45, 7) is 9.31. The van der Waals surface area contributed by atoms with Gasteiger partial charge in [-0.05, 0) is 26.7 Å². The van der Waals surface area contributed by atoms with Crippen LogP contribution in [0.3, 0.4) is 0 Å². The number of hydrogen-bond acceptors (Lipinski definition) is 6. The van der Waals surface area contributed by atoms with Gasteiger partial charge in [0.25, 0.3) is 0 Å². The zero-order valence-electron chi connectivity index (χ0n) is 13.7. The van der Waals surface area contributed by atoms with Gasteiger partial charge in [0.1, 0.15) is 18.3 Å². The molecule has 3 saturated heterocycles. The molecule has 6 nitrogen and oxygen atoms in total. The third-order valence-electron chi connectivity index (χ3n) is 5.76. The van der Waals surface area contributed by atoms with Crippen molar-refractivity contribution in [1.82, 2.24) is 0 Å². The van der Waals surface area contributed by atoms with Crippen LogP contribution in [0.25, 0.3) is 0 Å². The normalized spacial score (nSPS) is 51.0. The van der Waals surface area contributed by atoms with Gasteiger partial charge in [0, 0.05) is 18.9 Å². The van der Waals surface area contributed by atoms with Crippen molar-refractivity contribution in [3.63, 3.8) is 0 Å². The Kier molecular flexibility index (Phi) is 3.01. The highest BCUT2D eigenvalue weighted by atomic mass is 16.7. The summed E-state index contributed by atoms with van der Waals surface area (Å²) in [5.74, 6) is -1.18. The molecule has 0 radical (unpaired) electrons. The minimum atomic E-state index is -0.488. The van der Waals surface area contributed by atoms with Crippen LogP contribution in [0, 0.1) is 5.92 Å². The van der Waals surface area contributed by atoms with Crippen LogP contribution in [0.1, 0.15) is 40.0 Å². The number of fused-ring (bicyclic) bond motifs is 4. The molecule has 0 aromatic heterocycles. The monoisotopic (exact) mass is 322 g/mol. The molecule has 23 heavy (non-hydrogen) atoms. The van der Waals surface area contributed by atoms with E-state index in [0.29, 0.717) is 12.0 Å². The lowest BCUT2D eigenvalue weighted by atomic mass is 9.79. The van der Waals surface area contributed by atoms with Crippen LogP contribution in [-0.2, 0) is 28.5 Å². The molecule has 7 atom stereocenters. The van der Waals surface area contributed by atoms with Gasteiger partial charge in [-0.15, -0.1) is 0 Å². The molecule has 6 heteroatoms. The molecule has 126 valence electrons. The molecule has 3 heterocycles. The molecule has 4 rings (SSSR count). The number of esters is 2. The van der Waals surface area contributed by atoms with Crippen molar-refractivity contribution in [2.45, 2.75) is 75.7 Å². The Hall–Kier alpha value is -1.40. The predicted octanol–water partition coefficient (Wildman–Crippen LogP) is 1.51. The zero-order chi connectivity index (χ0) is 16.6. The summed E-state index contributed by atoms with van der Waals surface area (Å²) in [4.78, 5) is 23.6. The summed E-state index contributed by atoms with van der Waals surface area (Å²) in [7, 11) is 0. The van der Waals surface area contributed by atoms with Gasteiger partial charge < -0.3 is 18.9 Å². The summed E-state index contributed by atoms with van der Waals surface area (Å²) >= 11 is 0. The van der Waals surface area contributed by atoms with E-state index in [-0.39, 0.29) is 35.3 Å². The van der Waals surface area contributed by atoms with Crippen LogP contribution in [0.15, 0.2) is 12.2 Å². The molecule has 0 bridgehead atoms. The summed E-state index contributed by atoms with van der Waals surface area (Å²) in [5, 5.41) is 0. The maximum absolute atomic E-state index is 12.1. The fourth-order valence-electron chi connectivity index (χ4n) is 4.27. The van der Waals surface area contributed by atoms with E-state index in [0.717, 1.165) is 12.8 Å². The molecule has 0 aromatic carbocycles. The van der Waals surface area contributed by atoms with E-state index >= 15 is 0 Å². The Balaban J connectivity index is 1.69. The van der Waals surface area contributed by atoms with Gasteiger partial charge in [-0.1, -0.05) is 6.58 Å². The van der Waals surface area contributed by atoms with Crippen LogP contribution in [-0.4, -0.2) is 47.6 Å². The van der Waals surface area contributed by atoms with Crippen LogP contribution in [0.2, 0.25) is 0 Å². The Morgan fingerprint density at radius 1 is 1.30 bits per heavy atom. The lowest BCUT2D eigenvalue weighted by Crippen LogP contribution is -2.40. The SMILES string of the molecule is C=C1C(=O)OC2C1C(OC(C)=O)CC1(C)OC1CCC1(C)OC21. The summed E-state index contributed by atoms with van der Waals surface area (Å²) in [6, 6.07) is 0. The molecule has 0 aromatic rings. The van der Waals surface area contributed by atoms with Gasteiger partial charge >= 0.3 is 11.9 Å². The molecule has 0 spiro atoms. The van der Waals surface area contributed by atoms with Gasteiger partial charge in [0.15, 0.2) is 0 Å². The third-order valence-corrected chi connectivity index (χ3v) is 5.76. The summed E-state index contributed by atoms with van der Waals surface area (Å²) in [5.41, 5.74) is -0.270. The lowest BCUT2D eigenvalue weighted by molar-refractivity contribution is -0.151. The smallest absolute Gasteiger partial charge is 0.334 e. The maximum Gasteiger partial charge on any atom is 0.334 e. The van der Waals surface area contributed by atoms with E-state index in [1.807, 2.05) is 13.8 Å². The second kappa shape index (κ2) is 4.57. The largest absolute Gasteiger partial charge is 0.462 e. The average molecular weight is 322 g/mol. The van der Waals surface area contributed by atoms with Crippen LogP contribution in [0.4, 0.5) is 0 Å². The van der Waals surface area contributed by atoms with Crippen LogP contribution >= 0.6 is 0 Å². The van der Waals surface area contributed by atoms with Crippen molar-refractivity contribution < 1.29 is 28.5 Å². The fraction of sp³-hybridized carbons (Fsp3) is 0.765. The van der Waals surface area contributed by atoms with Gasteiger partial charge in [-0.2, -0.15) is 0 Å². The van der Waals surface area contributed by atoms with Gasteiger partial charge in [0.05, 0.1) is 23.2 Å². The average Bonchev–Trinajstić information content (AvgIpc) is 3.27. The highest BCUT2D eigenvalue weighted by molar-refractivity contribution is 5.91. The molecule has 0 N–H and O–H groups in total. The van der Waals surface area contributed by atoms with Crippen LogP contribution in [0.5, 0.6) is 0 Å². The van der Waals surface area contributed by atoms with Crippen molar-refractivity contribution in [3.8, 4) is 0 Å². The number of carbonyl (C=O) groups excluding carboxylic acids is 2. The van der Waals surface area contributed by atoms with E-state index in [4.69, 9.17) is 18.9 Å². The van der Waals surface area contributed by atoms with E-state index in [2.05, 4.69) is 6.58 Å². The first kappa shape index (κ1) is 15.1. The van der Waals surface area contributed by atoms with E-state index in [1.165, 1.54) is 6.92 Å². The predicted molar refractivity (Wildman–Crippen MR) is 78.5 cm³/mol. The molecule has 4 fully saturated rings. The molecule has 1 saturated carbocycles. The highest BCUT2D eigenvalue weighted by Crippen LogP contribution is 2.54. The number of hydrogen-bond donors (Lipinski definition) is 0. The van der Waals surface area contributed by atoms with Crippen molar-refractivity contribution in [2.24, 2.45) is 5.92 Å². The Labute approximate surface area is 135 Å². The molecular weight excluding hydrogens is 300 g/mol. The van der Waals surface area contributed by atoms with Crippen molar-refractivity contribution in [3.05, 3.63) is 12.2 Å². The quantitative estimate of drug-likeness (QED) is 0.414. The van der Waals surface area contributed by atoms with Crippen molar-refractivity contribution in [1.29, 1.82) is 0 Å². The summed E-state index contributed by atoms with van der Waals surface area (Å²) < 4.78 is 22.8. The van der Waals surface area contributed by atoms with E-state index < -0.39 is 18.2 Å². The number of carbonyl (C=O) groups is 2. The molecular formula is C17H22O6. The van der Waals surface area contributed by atoms with Gasteiger partial charge in [-0.25, -0.2) is 4.79 Å². The Bertz CT molecular complexity index is 600. The topological polar surface area (TPSA) is 77.7 Å². The number of epoxide rings is 2. The second-order valence-corrected chi connectivity index (χ2v) is 7.58. The fourth-order valence-corrected chi connectivity index (χ4v) is 4.27. The Morgan fingerprint density at radius 2 is 2.04 bits per heavy atom. The minimum absolute atomic E-state index is 0.144. The van der Waals surface area contributed by atoms with E-state index in [1.54, 1.807) is 0 Å². The van der Waals surface area contributed by atoms with Gasteiger partial charge in [-0.3, -0.25) is 4.79 Å². The first-order chi connectivity index (χ1) is 10.7. The lowest BCUT2D eigenvalue weighted by Gasteiger charge is -2.28. The maximum atomic E-state index is 12.1. The molecule has 4 aliphatic rings. The highest BCUT2D eigenvalue weighted by Gasteiger charge is 2.66. The zero-order valence-corrected chi connectivity index (χ0v) is 13.7.